The van der Waals surface area contributed by atoms with E-state index in [-0.39, 0.29) is 5.56 Å². The van der Waals surface area contributed by atoms with Crippen LogP contribution in [0.25, 0.3) is 10.9 Å². The predicted molar refractivity (Wildman–Crippen MR) is 107 cm³/mol. The Labute approximate surface area is 166 Å². The Morgan fingerprint density at radius 2 is 1.81 bits per heavy atom. The van der Waals surface area contributed by atoms with Crippen LogP contribution in [0.2, 0.25) is 10.0 Å². The van der Waals surface area contributed by atoms with Gasteiger partial charge in [0.1, 0.15) is 5.82 Å². The highest BCUT2D eigenvalue weighted by atomic mass is 35.5. The van der Waals surface area contributed by atoms with Gasteiger partial charge in [-0.25, -0.2) is 4.98 Å². The summed E-state index contributed by atoms with van der Waals surface area (Å²) in [4.78, 5) is 21.8. The second-order valence-corrected chi connectivity index (χ2v) is 6.91. The lowest BCUT2D eigenvalue weighted by Crippen LogP contribution is -2.22. The number of methoxy groups -OCH3 is 2. The maximum Gasteiger partial charge on any atom is 0.258 e. The van der Waals surface area contributed by atoms with Gasteiger partial charge in [-0.05, 0) is 24.7 Å². The van der Waals surface area contributed by atoms with Gasteiger partial charge in [0.05, 0.1) is 41.7 Å². The minimum atomic E-state index is -0.231. The van der Waals surface area contributed by atoms with Crippen molar-refractivity contribution >= 4 is 34.1 Å². The Morgan fingerprint density at radius 3 is 2.52 bits per heavy atom. The maximum atomic E-state index is 12.5. The number of aromatic nitrogens is 2. The molecule has 0 bridgehead atoms. The van der Waals surface area contributed by atoms with Crippen molar-refractivity contribution in [3.8, 4) is 11.5 Å². The van der Waals surface area contributed by atoms with Crippen molar-refractivity contribution < 1.29 is 9.47 Å². The predicted octanol–water partition coefficient (Wildman–Crippen LogP) is 3.88. The van der Waals surface area contributed by atoms with Crippen LogP contribution in [0.5, 0.6) is 11.5 Å². The van der Waals surface area contributed by atoms with E-state index in [0.29, 0.717) is 51.4 Å². The first-order valence-electron chi connectivity index (χ1n) is 8.19. The Kier molecular flexibility index (Phi) is 5.89. The fourth-order valence-corrected chi connectivity index (χ4v) is 3.24. The third-order valence-corrected chi connectivity index (χ3v) is 5.01. The third-order valence-electron chi connectivity index (χ3n) is 4.15. The molecule has 142 valence electrons. The van der Waals surface area contributed by atoms with Gasteiger partial charge in [-0.2, -0.15) is 0 Å². The summed E-state index contributed by atoms with van der Waals surface area (Å²) in [6.45, 7) is 0.995. The first kappa shape index (κ1) is 19.5. The average molecular weight is 408 g/mol. The van der Waals surface area contributed by atoms with Crippen LogP contribution >= 0.6 is 23.2 Å². The Balaban J connectivity index is 1.88. The monoisotopic (exact) mass is 407 g/mol. The molecule has 0 spiro atoms. The van der Waals surface area contributed by atoms with E-state index in [1.165, 1.54) is 7.11 Å². The summed E-state index contributed by atoms with van der Waals surface area (Å²) >= 11 is 12.3. The number of aromatic amines is 1. The zero-order valence-corrected chi connectivity index (χ0v) is 16.7. The lowest BCUT2D eigenvalue weighted by Gasteiger charge is -2.17. The van der Waals surface area contributed by atoms with Gasteiger partial charge in [0.25, 0.3) is 5.56 Å². The second-order valence-electron chi connectivity index (χ2n) is 6.12. The van der Waals surface area contributed by atoms with E-state index in [4.69, 9.17) is 32.7 Å². The van der Waals surface area contributed by atoms with Gasteiger partial charge in [-0.3, -0.25) is 9.69 Å². The number of nitrogens with one attached hydrogen (secondary N) is 1. The van der Waals surface area contributed by atoms with E-state index in [1.54, 1.807) is 25.3 Å². The fourth-order valence-electron chi connectivity index (χ4n) is 2.86. The normalized spacial score (nSPS) is 11.2. The molecular weight excluding hydrogens is 389 g/mol. The van der Waals surface area contributed by atoms with Crippen LogP contribution in [0.3, 0.4) is 0 Å². The molecule has 0 radical (unpaired) electrons. The number of hydrogen-bond acceptors (Lipinski definition) is 5. The number of fused-ring (bicyclic) bond motifs is 1. The lowest BCUT2D eigenvalue weighted by atomic mass is 10.2. The summed E-state index contributed by atoms with van der Waals surface area (Å²) < 4.78 is 10.5. The number of nitrogens with zero attached hydrogens (tertiary/aromatic N) is 2. The number of ether oxygens (including phenoxy) is 2. The highest BCUT2D eigenvalue weighted by molar-refractivity contribution is 6.42. The highest BCUT2D eigenvalue weighted by Crippen LogP contribution is 2.30. The molecule has 8 heteroatoms. The summed E-state index contributed by atoms with van der Waals surface area (Å²) in [5, 5.41) is 1.49. The minimum absolute atomic E-state index is 0.231. The molecule has 6 nitrogen and oxygen atoms in total. The van der Waals surface area contributed by atoms with Crippen LogP contribution in [0, 0.1) is 0 Å². The van der Waals surface area contributed by atoms with Crippen LogP contribution in [-0.2, 0) is 13.1 Å². The summed E-state index contributed by atoms with van der Waals surface area (Å²) in [7, 11) is 4.98. The van der Waals surface area contributed by atoms with Crippen molar-refractivity contribution in [3.63, 3.8) is 0 Å². The zero-order valence-electron chi connectivity index (χ0n) is 15.2. The van der Waals surface area contributed by atoms with Crippen LogP contribution in [0.1, 0.15) is 11.4 Å². The SMILES string of the molecule is COc1cc2nc(CN(C)Cc3cccc(Cl)c3Cl)[nH]c(=O)c2cc1OC. The summed E-state index contributed by atoms with van der Waals surface area (Å²) in [5.41, 5.74) is 1.21. The number of H-pyrrole nitrogens is 1. The van der Waals surface area contributed by atoms with Crippen LogP contribution < -0.4 is 15.0 Å². The molecule has 27 heavy (non-hydrogen) atoms. The summed E-state index contributed by atoms with van der Waals surface area (Å²) in [6.07, 6.45) is 0. The molecule has 0 unspecified atom stereocenters. The Bertz CT molecular complexity index is 1040. The van der Waals surface area contributed by atoms with Crippen LogP contribution in [0.15, 0.2) is 35.1 Å². The zero-order chi connectivity index (χ0) is 19.6. The van der Waals surface area contributed by atoms with Crippen molar-refractivity contribution in [2.24, 2.45) is 0 Å². The molecule has 1 N–H and O–H groups in total. The first-order chi connectivity index (χ1) is 12.9. The number of hydrogen-bond donors (Lipinski definition) is 1. The third kappa shape index (κ3) is 4.18. The van der Waals surface area contributed by atoms with Crippen LogP contribution in [-0.4, -0.2) is 36.1 Å². The van der Waals surface area contributed by atoms with Gasteiger partial charge < -0.3 is 14.5 Å². The standard InChI is InChI=1S/C19H19Cl2N3O3/c1-24(9-11-5-4-6-13(20)18(11)21)10-17-22-14-8-16(27-3)15(26-2)7-12(14)19(25)23-17/h4-8H,9-10H2,1-3H3,(H,22,23,25). The molecular formula is C19H19Cl2N3O3. The molecule has 1 aromatic heterocycles. The lowest BCUT2D eigenvalue weighted by molar-refractivity contribution is 0.311. The van der Waals surface area contributed by atoms with E-state index >= 15 is 0 Å². The summed E-state index contributed by atoms with van der Waals surface area (Å²) in [6, 6.07) is 8.84. The van der Waals surface area contributed by atoms with Crippen molar-refractivity contribution in [3.05, 3.63) is 62.1 Å². The first-order valence-corrected chi connectivity index (χ1v) is 8.95. The topological polar surface area (TPSA) is 67.5 Å². The van der Waals surface area contributed by atoms with E-state index in [0.717, 1.165) is 5.56 Å². The smallest absolute Gasteiger partial charge is 0.258 e. The molecule has 3 aromatic rings. The van der Waals surface area contributed by atoms with Crippen LogP contribution in [0.4, 0.5) is 0 Å². The van der Waals surface area contributed by atoms with E-state index < -0.39 is 0 Å². The van der Waals surface area contributed by atoms with Crippen molar-refractivity contribution in [1.29, 1.82) is 0 Å². The van der Waals surface area contributed by atoms with Crippen molar-refractivity contribution in [2.45, 2.75) is 13.1 Å². The summed E-state index contributed by atoms with van der Waals surface area (Å²) in [5.74, 6) is 1.55. The molecule has 0 saturated heterocycles. The molecule has 0 atom stereocenters. The molecule has 0 aliphatic rings. The molecule has 3 rings (SSSR count). The van der Waals surface area contributed by atoms with Gasteiger partial charge in [0.15, 0.2) is 11.5 Å². The second kappa shape index (κ2) is 8.17. The minimum Gasteiger partial charge on any atom is -0.493 e. The van der Waals surface area contributed by atoms with Gasteiger partial charge >= 0.3 is 0 Å². The van der Waals surface area contributed by atoms with Crippen molar-refractivity contribution in [1.82, 2.24) is 14.9 Å². The van der Waals surface area contributed by atoms with E-state index in [9.17, 15) is 4.79 Å². The maximum absolute atomic E-state index is 12.5. The van der Waals surface area contributed by atoms with Crippen molar-refractivity contribution in [2.75, 3.05) is 21.3 Å². The largest absolute Gasteiger partial charge is 0.493 e. The highest BCUT2D eigenvalue weighted by Gasteiger charge is 2.13. The van der Waals surface area contributed by atoms with Gasteiger partial charge in [0, 0.05) is 12.6 Å². The van der Waals surface area contributed by atoms with E-state index in [1.807, 2.05) is 24.1 Å². The average Bonchev–Trinajstić information content (AvgIpc) is 2.64. The quantitative estimate of drug-likeness (QED) is 0.671. The fraction of sp³-hybridized carbons (Fsp3) is 0.263. The van der Waals surface area contributed by atoms with Gasteiger partial charge in [0.2, 0.25) is 0 Å². The molecule has 0 aliphatic carbocycles. The molecule has 0 amide bonds. The molecule has 0 saturated carbocycles. The molecule has 2 aromatic carbocycles. The number of benzene rings is 2. The Morgan fingerprint density at radius 1 is 1.11 bits per heavy atom. The number of rotatable bonds is 6. The number of halogens is 2. The van der Waals surface area contributed by atoms with Gasteiger partial charge in [-0.1, -0.05) is 35.3 Å². The molecule has 0 aliphatic heterocycles. The molecule has 0 fully saturated rings. The molecule has 1 heterocycles. The Hall–Kier alpha value is -2.28. The van der Waals surface area contributed by atoms with E-state index in [2.05, 4.69) is 9.97 Å². The van der Waals surface area contributed by atoms with Gasteiger partial charge in [-0.15, -0.1) is 0 Å².